The number of nitrogens with one attached hydrogen (secondary N) is 2. The van der Waals surface area contributed by atoms with Gasteiger partial charge in [-0.05, 0) is 12.8 Å². The van der Waals surface area contributed by atoms with Crippen LogP contribution in [0.3, 0.4) is 0 Å². The molecule has 17 heavy (non-hydrogen) atoms. The third kappa shape index (κ3) is 14.4. The van der Waals surface area contributed by atoms with Crippen molar-refractivity contribution in [3.05, 3.63) is 25.8 Å². The van der Waals surface area contributed by atoms with Crippen LogP contribution in [0.5, 0.6) is 0 Å². The largest absolute Gasteiger partial charge is 0.354 e. The fraction of sp³-hybridized carbons (Fsp3) is 0.538. The lowest BCUT2D eigenvalue weighted by Crippen LogP contribution is -2.34. The lowest BCUT2D eigenvalue weighted by molar-refractivity contribution is -0.122. The van der Waals surface area contributed by atoms with Crippen LogP contribution in [-0.4, -0.2) is 24.9 Å². The molecule has 0 radical (unpaired) electrons. The van der Waals surface area contributed by atoms with Crippen LogP contribution in [-0.2, 0) is 9.59 Å². The first-order chi connectivity index (χ1) is 8.20. The lowest BCUT2D eigenvalue weighted by Gasteiger charge is -2.05. The van der Waals surface area contributed by atoms with E-state index in [4.69, 9.17) is 0 Å². The Hall–Kier alpha value is -1.58. The van der Waals surface area contributed by atoms with Crippen LogP contribution < -0.4 is 10.6 Å². The zero-order valence-electron chi connectivity index (χ0n) is 10.8. The molecule has 0 heterocycles. The SMILES string of the molecule is C=C.C=CCCC(=O)NCCNC(=O)CCC. The number of rotatable bonds is 8. The normalized spacial score (nSPS) is 8.53. The van der Waals surface area contributed by atoms with E-state index in [1.54, 1.807) is 6.08 Å². The fourth-order valence-corrected chi connectivity index (χ4v) is 1.04. The van der Waals surface area contributed by atoms with E-state index in [1.807, 2.05) is 6.92 Å². The summed E-state index contributed by atoms with van der Waals surface area (Å²) in [6.45, 7) is 12.5. The third-order valence-electron chi connectivity index (χ3n) is 1.82. The highest BCUT2D eigenvalue weighted by Gasteiger charge is 2.00. The van der Waals surface area contributed by atoms with Gasteiger partial charge in [0.2, 0.25) is 11.8 Å². The molecule has 4 nitrogen and oxygen atoms in total. The van der Waals surface area contributed by atoms with Gasteiger partial charge in [-0.25, -0.2) is 0 Å². The minimum absolute atomic E-state index is 0.000333. The molecule has 0 saturated heterocycles. The Kier molecular flexibility index (Phi) is 15.1. The summed E-state index contributed by atoms with van der Waals surface area (Å²) < 4.78 is 0. The first-order valence-corrected chi connectivity index (χ1v) is 5.85. The molecule has 98 valence electrons. The molecule has 0 atom stereocenters. The van der Waals surface area contributed by atoms with Crippen molar-refractivity contribution in [3.63, 3.8) is 0 Å². The summed E-state index contributed by atoms with van der Waals surface area (Å²) in [5, 5.41) is 5.43. The zero-order valence-corrected chi connectivity index (χ0v) is 10.8. The second-order valence-corrected chi connectivity index (χ2v) is 3.28. The number of carbonyl (C=O) groups is 2. The van der Waals surface area contributed by atoms with Gasteiger partial charge in [-0.1, -0.05) is 13.0 Å². The van der Waals surface area contributed by atoms with Crippen LogP contribution in [0.15, 0.2) is 25.8 Å². The zero-order chi connectivity index (χ0) is 13.5. The van der Waals surface area contributed by atoms with E-state index in [0.29, 0.717) is 32.4 Å². The molecule has 0 aromatic carbocycles. The number of hydrogen-bond acceptors (Lipinski definition) is 2. The molecule has 0 aliphatic heterocycles. The summed E-state index contributed by atoms with van der Waals surface area (Å²) in [6, 6.07) is 0. The molecule has 0 aliphatic carbocycles. The van der Waals surface area contributed by atoms with Gasteiger partial charge < -0.3 is 10.6 Å². The van der Waals surface area contributed by atoms with E-state index in [1.165, 1.54) is 0 Å². The number of amides is 2. The predicted molar refractivity (Wildman–Crippen MR) is 71.6 cm³/mol. The number of allylic oxidation sites excluding steroid dienone is 1. The van der Waals surface area contributed by atoms with Gasteiger partial charge in [0, 0.05) is 25.9 Å². The van der Waals surface area contributed by atoms with Gasteiger partial charge in [-0.15, -0.1) is 19.7 Å². The van der Waals surface area contributed by atoms with E-state index >= 15 is 0 Å². The van der Waals surface area contributed by atoms with Crippen LogP contribution in [0.1, 0.15) is 32.6 Å². The van der Waals surface area contributed by atoms with Crippen molar-refractivity contribution < 1.29 is 9.59 Å². The smallest absolute Gasteiger partial charge is 0.220 e. The average Bonchev–Trinajstić information content (AvgIpc) is 2.35. The molecule has 0 aromatic rings. The Morgan fingerprint density at radius 3 is 1.94 bits per heavy atom. The Morgan fingerprint density at radius 2 is 1.53 bits per heavy atom. The van der Waals surface area contributed by atoms with Crippen LogP contribution in [0.25, 0.3) is 0 Å². The number of carbonyl (C=O) groups excluding carboxylic acids is 2. The molecule has 0 aliphatic rings. The maximum Gasteiger partial charge on any atom is 0.220 e. The minimum atomic E-state index is -0.000333. The molecule has 0 saturated carbocycles. The molecule has 0 bridgehead atoms. The van der Waals surface area contributed by atoms with Crippen molar-refractivity contribution >= 4 is 11.8 Å². The summed E-state index contributed by atoms with van der Waals surface area (Å²) in [7, 11) is 0. The predicted octanol–water partition coefficient (Wildman–Crippen LogP) is 1.79. The van der Waals surface area contributed by atoms with Crippen LogP contribution >= 0.6 is 0 Å². The summed E-state index contributed by atoms with van der Waals surface area (Å²) in [6.07, 6.45) is 4.25. The van der Waals surface area contributed by atoms with E-state index in [0.717, 1.165) is 6.42 Å². The Bertz CT molecular complexity index is 227. The highest BCUT2D eigenvalue weighted by molar-refractivity contribution is 5.77. The van der Waals surface area contributed by atoms with Gasteiger partial charge in [0.15, 0.2) is 0 Å². The van der Waals surface area contributed by atoms with Crippen molar-refractivity contribution in [3.8, 4) is 0 Å². The van der Waals surface area contributed by atoms with Gasteiger partial charge in [0.1, 0.15) is 0 Å². The van der Waals surface area contributed by atoms with Crippen molar-refractivity contribution in [1.29, 1.82) is 0 Å². The van der Waals surface area contributed by atoms with Gasteiger partial charge >= 0.3 is 0 Å². The molecular weight excluding hydrogens is 216 g/mol. The Labute approximate surface area is 104 Å². The van der Waals surface area contributed by atoms with E-state index in [9.17, 15) is 9.59 Å². The Morgan fingerprint density at radius 1 is 1.06 bits per heavy atom. The van der Waals surface area contributed by atoms with Gasteiger partial charge in [0.05, 0.1) is 0 Å². The van der Waals surface area contributed by atoms with Crippen LogP contribution in [0, 0.1) is 0 Å². The summed E-state index contributed by atoms with van der Waals surface area (Å²) >= 11 is 0. The van der Waals surface area contributed by atoms with Gasteiger partial charge in [-0.2, -0.15) is 0 Å². The molecule has 0 spiro atoms. The molecule has 4 heteroatoms. The highest BCUT2D eigenvalue weighted by Crippen LogP contribution is 1.88. The standard InChI is InChI=1S/C11H20N2O2.C2H4/c1-3-5-7-11(15)13-9-8-12-10(14)6-4-2;1-2/h3H,1,4-9H2,2H3,(H,12,14)(H,13,15);1-2H2. The first-order valence-electron chi connectivity index (χ1n) is 5.85. The maximum atomic E-state index is 11.1. The van der Waals surface area contributed by atoms with Crippen molar-refractivity contribution in [2.45, 2.75) is 32.6 Å². The van der Waals surface area contributed by atoms with Crippen molar-refractivity contribution in [2.24, 2.45) is 0 Å². The maximum absolute atomic E-state index is 11.1. The number of hydrogen-bond donors (Lipinski definition) is 2. The molecule has 0 unspecified atom stereocenters. The Balaban J connectivity index is 0. The summed E-state index contributed by atoms with van der Waals surface area (Å²) in [5.74, 6) is 0.0393. The molecule has 2 amide bonds. The van der Waals surface area contributed by atoms with Gasteiger partial charge in [0.25, 0.3) is 0 Å². The molecule has 0 fully saturated rings. The van der Waals surface area contributed by atoms with Gasteiger partial charge in [-0.3, -0.25) is 9.59 Å². The molecular formula is C13H24N2O2. The second kappa shape index (κ2) is 14.4. The minimum Gasteiger partial charge on any atom is -0.354 e. The van der Waals surface area contributed by atoms with Crippen LogP contribution in [0.2, 0.25) is 0 Å². The third-order valence-corrected chi connectivity index (χ3v) is 1.82. The molecule has 0 aromatic heterocycles. The summed E-state index contributed by atoms with van der Waals surface area (Å²) in [4.78, 5) is 22.1. The van der Waals surface area contributed by atoms with E-state index < -0.39 is 0 Å². The lowest BCUT2D eigenvalue weighted by atomic mass is 10.3. The summed E-state index contributed by atoms with van der Waals surface area (Å²) in [5.41, 5.74) is 0. The second-order valence-electron chi connectivity index (χ2n) is 3.28. The fourth-order valence-electron chi connectivity index (χ4n) is 1.04. The van der Waals surface area contributed by atoms with E-state index in [-0.39, 0.29) is 11.8 Å². The van der Waals surface area contributed by atoms with Crippen LogP contribution in [0.4, 0.5) is 0 Å². The van der Waals surface area contributed by atoms with Crippen molar-refractivity contribution in [2.75, 3.05) is 13.1 Å². The molecule has 2 N–H and O–H groups in total. The van der Waals surface area contributed by atoms with Crippen molar-refractivity contribution in [1.82, 2.24) is 10.6 Å². The average molecular weight is 240 g/mol. The highest BCUT2D eigenvalue weighted by atomic mass is 16.2. The topological polar surface area (TPSA) is 58.2 Å². The first kappa shape index (κ1) is 17.8. The quantitative estimate of drug-likeness (QED) is 0.502. The van der Waals surface area contributed by atoms with E-state index in [2.05, 4.69) is 30.4 Å². The monoisotopic (exact) mass is 240 g/mol. The molecule has 0 rings (SSSR count).